The highest BCUT2D eigenvalue weighted by atomic mass is 19.1. The molecule has 2 unspecified atom stereocenters. The predicted molar refractivity (Wildman–Crippen MR) is 171 cm³/mol. The molecule has 228 valence electrons. The van der Waals surface area contributed by atoms with Gasteiger partial charge in [0, 0.05) is 42.7 Å². The van der Waals surface area contributed by atoms with Crippen molar-refractivity contribution in [2.75, 3.05) is 37.7 Å². The lowest BCUT2D eigenvalue weighted by atomic mass is 9.91. The minimum atomic E-state index is -0.387. The van der Waals surface area contributed by atoms with Crippen molar-refractivity contribution < 1.29 is 14.2 Å². The van der Waals surface area contributed by atoms with E-state index in [1.165, 1.54) is 12.0 Å². The number of halogens is 1. The van der Waals surface area contributed by atoms with Gasteiger partial charge in [-0.2, -0.15) is 9.97 Å². The molecule has 0 radical (unpaired) electrons. The number of fused-ring (bicyclic) bond motifs is 5. The molecule has 44 heavy (non-hydrogen) atoms. The number of ether oxygens (including phenoxy) is 1. The summed E-state index contributed by atoms with van der Waals surface area (Å²) >= 11 is 0. The minimum absolute atomic E-state index is 0.0200. The number of phenols is 1. The molecule has 4 aliphatic heterocycles. The summed E-state index contributed by atoms with van der Waals surface area (Å²) in [4.78, 5) is 14.7. The Balaban J connectivity index is 1.18. The highest BCUT2D eigenvalue weighted by molar-refractivity contribution is 6.03. The van der Waals surface area contributed by atoms with Gasteiger partial charge in [0.15, 0.2) is 5.82 Å². The van der Waals surface area contributed by atoms with Crippen molar-refractivity contribution in [1.82, 2.24) is 20.2 Å². The van der Waals surface area contributed by atoms with E-state index in [1.807, 2.05) is 24.3 Å². The van der Waals surface area contributed by atoms with E-state index in [0.717, 1.165) is 81.3 Å². The standard InChI is InChI=1S/C36H40FN5O2/c1-21-16-36(12-3-13-42(36)17-21)20-44-35-39-33-29(34(40-35)41-18-24-8-9-25(19-41)38-24)11-10-28(32(33)37)30-15-26(43)14-23-4-2-5-27(31(23)30)22-6-7-22/h2,4-5,10-11,14-15,21-22,24-25,38,43H,3,6-9,12-13,16-20H2,1H3/t21-,24?,25?,36+/m1/s1. The molecule has 2 N–H and O–H groups in total. The summed E-state index contributed by atoms with van der Waals surface area (Å²) in [6.45, 7) is 6.73. The number of rotatable bonds is 6. The van der Waals surface area contributed by atoms with Gasteiger partial charge in [-0.15, -0.1) is 0 Å². The number of nitrogens with zero attached hydrogens (tertiary/aromatic N) is 4. The molecule has 1 aliphatic carbocycles. The van der Waals surface area contributed by atoms with E-state index in [1.54, 1.807) is 12.1 Å². The van der Waals surface area contributed by atoms with Crippen LogP contribution in [-0.4, -0.2) is 70.4 Å². The van der Waals surface area contributed by atoms with Crippen molar-refractivity contribution in [2.45, 2.75) is 75.4 Å². The van der Waals surface area contributed by atoms with E-state index in [0.29, 0.717) is 47.0 Å². The number of aromatic hydroxyl groups is 1. The van der Waals surface area contributed by atoms with E-state index < -0.39 is 0 Å². The Morgan fingerprint density at radius 1 is 1.02 bits per heavy atom. The molecule has 5 fully saturated rings. The lowest BCUT2D eigenvalue weighted by molar-refractivity contribution is 0.107. The van der Waals surface area contributed by atoms with Crippen LogP contribution in [0.2, 0.25) is 0 Å². The zero-order chi connectivity index (χ0) is 29.6. The van der Waals surface area contributed by atoms with E-state index in [-0.39, 0.29) is 28.6 Å². The molecule has 2 bridgehead atoms. The Morgan fingerprint density at radius 2 is 1.86 bits per heavy atom. The Bertz CT molecular complexity index is 1780. The van der Waals surface area contributed by atoms with Gasteiger partial charge >= 0.3 is 6.01 Å². The second-order valence-corrected chi connectivity index (χ2v) is 14.3. The molecule has 0 amide bonds. The molecule has 1 saturated carbocycles. The SMILES string of the molecule is C[C@H]1CN2CCC[C@@]2(COc2nc(N3CC4CCC(C3)N4)c3ccc(-c4cc(O)cc5cccc(C6CC6)c45)c(F)c3n2)C1. The summed E-state index contributed by atoms with van der Waals surface area (Å²) in [6.07, 6.45) is 7.99. The van der Waals surface area contributed by atoms with E-state index >= 15 is 4.39 Å². The topological polar surface area (TPSA) is 73.8 Å². The second kappa shape index (κ2) is 10.0. The summed E-state index contributed by atoms with van der Waals surface area (Å²) in [6, 6.07) is 14.6. The Hall–Kier alpha value is -3.49. The van der Waals surface area contributed by atoms with Crippen LogP contribution in [0.25, 0.3) is 32.8 Å². The third kappa shape index (κ3) is 4.36. The molecule has 8 heteroatoms. The van der Waals surface area contributed by atoms with Crippen LogP contribution < -0.4 is 15.0 Å². The molecule has 1 aromatic heterocycles. The van der Waals surface area contributed by atoms with Gasteiger partial charge in [0.25, 0.3) is 0 Å². The average molecular weight is 594 g/mol. The first-order chi connectivity index (χ1) is 21.4. The Labute approximate surface area is 257 Å². The third-order valence-corrected chi connectivity index (χ3v) is 11.1. The van der Waals surface area contributed by atoms with Gasteiger partial charge in [-0.1, -0.05) is 31.2 Å². The van der Waals surface area contributed by atoms with E-state index in [9.17, 15) is 5.11 Å². The highest BCUT2D eigenvalue weighted by Crippen LogP contribution is 2.47. The largest absolute Gasteiger partial charge is 0.508 e. The normalized spacial score (nSPS) is 28.3. The van der Waals surface area contributed by atoms with Crippen molar-refractivity contribution in [1.29, 1.82) is 0 Å². The number of piperazine rings is 1. The maximum Gasteiger partial charge on any atom is 0.319 e. The fourth-order valence-corrected chi connectivity index (χ4v) is 9.02. The molecular weight excluding hydrogens is 553 g/mol. The smallest absolute Gasteiger partial charge is 0.319 e. The van der Waals surface area contributed by atoms with Crippen LogP contribution in [0.3, 0.4) is 0 Å². The number of benzene rings is 3. The van der Waals surface area contributed by atoms with Crippen molar-refractivity contribution in [3.63, 3.8) is 0 Å². The molecule has 0 spiro atoms. The zero-order valence-electron chi connectivity index (χ0n) is 25.4. The molecule has 3 aromatic carbocycles. The van der Waals surface area contributed by atoms with Crippen molar-refractivity contribution in [3.05, 3.63) is 53.8 Å². The van der Waals surface area contributed by atoms with Crippen molar-refractivity contribution >= 4 is 27.5 Å². The molecule has 9 rings (SSSR count). The van der Waals surface area contributed by atoms with Crippen molar-refractivity contribution in [3.8, 4) is 22.9 Å². The van der Waals surface area contributed by atoms with Crippen LogP contribution in [0.1, 0.15) is 63.4 Å². The van der Waals surface area contributed by atoms with Crippen LogP contribution in [-0.2, 0) is 0 Å². The van der Waals surface area contributed by atoms with Crippen LogP contribution in [0.15, 0.2) is 42.5 Å². The fraction of sp³-hybridized carbons (Fsp3) is 0.500. The molecule has 5 aliphatic rings. The first kappa shape index (κ1) is 26.9. The quantitative estimate of drug-likeness (QED) is 0.269. The van der Waals surface area contributed by atoms with Crippen LogP contribution in [0.4, 0.5) is 10.2 Å². The first-order valence-electron chi connectivity index (χ1n) is 16.6. The average Bonchev–Trinajstić information content (AvgIpc) is 3.62. The van der Waals surface area contributed by atoms with Gasteiger partial charge in [-0.3, -0.25) is 4.90 Å². The molecular formula is C36H40FN5O2. The number of phenolic OH excluding ortho intramolecular Hbond substituents is 1. The monoisotopic (exact) mass is 593 g/mol. The van der Waals surface area contributed by atoms with Gasteiger partial charge in [0.1, 0.15) is 23.7 Å². The lowest BCUT2D eigenvalue weighted by Gasteiger charge is -2.34. The number of anilines is 1. The molecule has 4 atom stereocenters. The van der Waals surface area contributed by atoms with Gasteiger partial charge < -0.3 is 20.1 Å². The molecule has 7 nitrogen and oxygen atoms in total. The fourth-order valence-electron chi connectivity index (χ4n) is 9.02. The van der Waals surface area contributed by atoms with Gasteiger partial charge in [0.05, 0.1) is 5.54 Å². The molecule has 5 heterocycles. The molecule has 4 saturated heterocycles. The summed E-state index contributed by atoms with van der Waals surface area (Å²) < 4.78 is 23.5. The minimum Gasteiger partial charge on any atom is -0.508 e. The van der Waals surface area contributed by atoms with Crippen molar-refractivity contribution in [2.24, 2.45) is 5.92 Å². The van der Waals surface area contributed by atoms with E-state index in [4.69, 9.17) is 14.7 Å². The maximum atomic E-state index is 17.0. The number of nitrogens with one attached hydrogen (secondary N) is 1. The van der Waals surface area contributed by atoms with Crippen LogP contribution >= 0.6 is 0 Å². The first-order valence-corrected chi connectivity index (χ1v) is 16.6. The summed E-state index contributed by atoms with van der Waals surface area (Å²) in [5.41, 5.74) is 2.70. The van der Waals surface area contributed by atoms with Gasteiger partial charge in [-0.05, 0) is 103 Å². The van der Waals surface area contributed by atoms with Crippen LogP contribution in [0.5, 0.6) is 11.8 Å². The Kier molecular flexibility index (Phi) is 6.11. The summed E-state index contributed by atoms with van der Waals surface area (Å²) in [5, 5.41) is 17.1. The highest BCUT2D eigenvalue weighted by Gasteiger charge is 2.48. The second-order valence-electron chi connectivity index (χ2n) is 14.3. The number of hydrogen-bond acceptors (Lipinski definition) is 7. The zero-order valence-corrected chi connectivity index (χ0v) is 25.4. The van der Waals surface area contributed by atoms with Gasteiger partial charge in [0.2, 0.25) is 0 Å². The molecule has 4 aromatic rings. The number of aromatic nitrogens is 2. The predicted octanol–water partition coefficient (Wildman–Crippen LogP) is 6.37. The van der Waals surface area contributed by atoms with Gasteiger partial charge in [-0.25, -0.2) is 4.39 Å². The van der Waals surface area contributed by atoms with Crippen LogP contribution in [0, 0.1) is 11.7 Å². The summed E-state index contributed by atoms with van der Waals surface area (Å²) in [5.74, 6) is 1.63. The number of hydrogen-bond donors (Lipinski definition) is 2. The van der Waals surface area contributed by atoms with E-state index in [2.05, 4.69) is 28.1 Å². The third-order valence-electron chi connectivity index (χ3n) is 11.1. The maximum absolute atomic E-state index is 17.0. The Morgan fingerprint density at radius 3 is 2.68 bits per heavy atom. The lowest BCUT2D eigenvalue weighted by Crippen LogP contribution is -2.51. The summed E-state index contributed by atoms with van der Waals surface area (Å²) in [7, 11) is 0.